The van der Waals surface area contributed by atoms with E-state index in [9.17, 15) is 14.0 Å². The summed E-state index contributed by atoms with van der Waals surface area (Å²) in [6, 6.07) is 10.5. The van der Waals surface area contributed by atoms with E-state index in [1.807, 2.05) is 12.1 Å². The number of ether oxygens (including phenoxy) is 3. The predicted octanol–water partition coefficient (Wildman–Crippen LogP) is 4.20. The van der Waals surface area contributed by atoms with Crippen molar-refractivity contribution in [2.24, 2.45) is 0 Å². The van der Waals surface area contributed by atoms with Crippen LogP contribution in [0.15, 0.2) is 42.5 Å². The number of benzene rings is 2. The highest BCUT2D eigenvalue weighted by molar-refractivity contribution is 5.84. The van der Waals surface area contributed by atoms with Crippen molar-refractivity contribution in [3.8, 4) is 11.5 Å². The second-order valence-electron chi connectivity index (χ2n) is 7.54. The Morgan fingerprint density at radius 3 is 2.50 bits per heavy atom. The van der Waals surface area contributed by atoms with Crippen LogP contribution in [0.2, 0.25) is 0 Å². The lowest BCUT2D eigenvalue weighted by Crippen LogP contribution is -2.45. The van der Waals surface area contributed by atoms with Gasteiger partial charge in [0.2, 0.25) is 0 Å². The van der Waals surface area contributed by atoms with E-state index in [1.165, 1.54) is 24.3 Å². The first kappa shape index (κ1) is 23.2. The number of amides is 3. The number of rotatable bonds is 7. The van der Waals surface area contributed by atoms with E-state index in [1.54, 1.807) is 20.3 Å². The van der Waals surface area contributed by atoms with Crippen molar-refractivity contribution in [1.82, 2.24) is 10.6 Å². The summed E-state index contributed by atoms with van der Waals surface area (Å²) < 4.78 is 28.9. The van der Waals surface area contributed by atoms with E-state index in [0.29, 0.717) is 30.2 Å². The number of hydrogen-bond acceptors (Lipinski definition) is 5. The molecule has 32 heavy (non-hydrogen) atoms. The minimum atomic E-state index is -0.597. The van der Waals surface area contributed by atoms with Crippen molar-refractivity contribution in [3.63, 3.8) is 0 Å². The zero-order valence-corrected chi connectivity index (χ0v) is 18.2. The van der Waals surface area contributed by atoms with E-state index in [2.05, 4.69) is 16.0 Å². The summed E-state index contributed by atoms with van der Waals surface area (Å²) in [4.78, 5) is 24.4. The van der Waals surface area contributed by atoms with Gasteiger partial charge < -0.3 is 24.8 Å². The van der Waals surface area contributed by atoms with Crippen molar-refractivity contribution >= 4 is 17.8 Å². The Morgan fingerprint density at radius 2 is 1.78 bits per heavy atom. The maximum Gasteiger partial charge on any atom is 0.411 e. The largest absolute Gasteiger partial charge is 0.493 e. The quantitative estimate of drug-likeness (QED) is 0.593. The average molecular weight is 445 g/mol. The molecule has 9 heteroatoms. The van der Waals surface area contributed by atoms with Crippen molar-refractivity contribution < 1.29 is 28.2 Å². The molecule has 0 saturated heterocycles. The summed E-state index contributed by atoms with van der Waals surface area (Å²) in [5.41, 5.74) is 1.33. The molecular weight excluding hydrogens is 417 g/mol. The molecule has 3 rings (SSSR count). The van der Waals surface area contributed by atoms with Crippen molar-refractivity contribution in [2.75, 3.05) is 19.5 Å². The molecule has 0 unspecified atom stereocenters. The molecule has 0 aromatic heterocycles. The van der Waals surface area contributed by atoms with E-state index < -0.39 is 6.09 Å². The van der Waals surface area contributed by atoms with E-state index >= 15 is 0 Å². The number of halogens is 1. The summed E-state index contributed by atoms with van der Waals surface area (Å²) >= 11 is 0. The smallest absolute Gasteiger partial charge is 0.411 e. The molecule has 2 aromatic rings. The van der Waals surface area contributed by atoms with E-state index in [0.717, 1.165) is 24.8 Å². The van der Waals surface area contributed by atoms with Crippen LogP contribution in [0.5, 0.6) is 11.5 Å². The summed E-state index contributed by atoms with van der Waals surface area (Å²) in [7, 11) is 3.13. The number of nitrogens with one attached hydrogen (secondary N) is 3. The Kier molecular flexibility index (Phi) is 8.13. The predicted molar refractivity (Wildman–Crippen MR) is 117 cm³/mol. The maximum atomic E-state index is 13.0. The Hall–Kier alpha value is -3.49. The fraction of sp³-hybridized carbons (Fsp3) is 0.391. The van der Waals surface area contributed by atoms with Gasteiger partial charge in [0.1, 0.15) is 11.9 Å². The number of hydrogen-bond donors (Lipinski definition) is 3. The number of methoxy groups -OCH3 is 2. The Bertz CT molecular complexity index is 922. The third-order valence-corrected chi connectivity index (χ3v) is 5.23. The minimum absolute atomic E-state index is 0.0993. The number of anilines is 1. The molecule has 0 spiro atoms. The molecule has 0 bridgehead atoms. The van der Waals surface area contributed by atoms with Crippen LogP contribution >= 0.6 is 0 Å². The first-order chi connectivity index (χ1) is 15.5. The topological polar surface area (TPSA) is 97.9 Å². The van der Waals surface area contributed by atoms with Gasteiger partial charge in [-0.1, -0.05) is 6.07 Å². The number of urea groups is 1. The van der Waals surface area contributed by atoms with Crippen molar-refractivity contribution in [1.29, 1.82) is 0 Å². The number of carbonyl (C=O) groups excluding carboxylic acids is 2. The lowest BCUT2D eigenvalue weighted by Gasteiger charge is -2.29. The minimum Gasteiger partial charge on any atom is -0.493 e. The molecule has 2 atom stereocenters. The second-order valence-corrected chi connectivity index (χ2v) is 7.54. The van der Waals surface area contributed by atoms with Crippen LogP contribution in [-0.4, -0.2) is 38.5 Å². The molecule has 3 amide bonds. The molecule has 1 fully saturated rings. The zero-order chi connectivity index (χ0) is 22.9. The Morgan fingerprint density at radius 1 is 1.03 bits per heavy atom. The third kappa shape index (κ3) is 6.76. The fourth-order valence-corrected chi connectivity index (χ4v) is 3.62. The van der Waals surface area contributed by atoms with Crippen molar-refractivity contribution in [2.45, 2.75) is 44.4 Å². The molecule has 3 N–H and O–H groups in total. The maximum absolute atomic E-state index is 13.0. The molecule has 8 nitrogen and oxygen atoms in total. The summed E-state index contributed by atoms with van der Waals surface area (Å²) in [5, 5.41) is 8.35. The van der Waals surface area contributed by atoms with Gasteiger partial charge in [0.05, 0.1) is 14.2 Å². The van der Waals surface area contributed by atoms with Gasteiger partial charge in [-0.05, 0) is 61.2 Å². The van der Waals surface area contributed by atoms with E-state index in [4.69, 9.17) is 14.2 Å². The Labute approximate surface area is 186 Å². The molecule has 1 saturated carbocycles. The third-order valence-electron chi connectivity index (χ3n) is 5.23. The monoisotopic (exact) mass is 445 g/mol. The second kappa shape index (κ2) is 11.2. The van der Waals surface area contributed by atoms with Crippen LogP contribution in [0.1, 0.15) is 31.2 Å². The van der Waals surface area contributed by atoms with Gasteiger partial charge in [0, 0.05) is 24.7 Å². The zero-order valence-electron chi connectivity index (χ0n) is 18.2. The van der Waals surface area contributed by atoms with Gasteiger partial charge in [-0.25, -0.2) is 14.0 Å². The normalized spacial score (nSPS) is 17.7. The standard InChI is InChI=1S/C23H28FN3O5/c1-30-20-11-6-15(12-21(20)31-2)14-25-22(28)26-18-4-3-5-19(13-18)32-23(29)27-17-9-7-16(24)8-10-17/h6-12,18-19H,3-5,13-14H2,1-2H3,(H,27,29)(H2,25,26,28)/t18-,19+/m0/s1. The molecule has 0 radical (unpaired) electrons. The lowest BCUT2D eigenvalue weighted by atomic mass is 9.93. The number of carbonyl (C=O) groups is 2. The summed E-state index contributed by atoms with van der Waals surface area (Å²) in [6.07, 6.45) is 1.99. The molecule has 1 aliphatic rings. The molecule has 172 valence electrons. The average Bonchev–Trinajstić information content (AvgIpc) is 2.79. The van der Waals surface area contributed by atoms with Crippen molar-refractivity contribution in [3.05, 3.63) is 53.8 Å². The van der Waals surface area contributed by atoms with E-state index in [-0.39, 0.29) is 24.0 Å². The van der Waals surface area contributed by atoms with Crippen LogP contribution in [0.4, 0.5) is 19.7 Å². The van der Waals surface area contributed by atoms with Gasteiger partial charge in [0.25, 0.3) is 0 Å². The van der Waals surface area contributed by atoms with Gasteiger partial charge in [0.15, 0.2) is 11.5 Å². The first-order valence-corrected chi connectivity index (χ1v) is 10.4. The van der Waals surface area contributed by atoms with Gasteiger partial charge >= 0.3 is 12.1 Å². The SMILES string of the molecule is COc1ccc(CNC(=O)N[C@H]2CCC[C@@H](OC(=O)Nc3ccc(F)cc3)C2)cc1OC. The lowest BCUT2D eigenvalue weighted by molar-refractivity contribution is 0.0775. The molecule has 0 heterocycles. The highest BCUT2D eigenvalue weighted by atomic mass is 19.1. The van der Waals surface area contributed by atoms with Gasteiger partial charge in [-0.2, -0.15) is 0 Å². The highest BCUT2D eigenvalue weighted by Gasteiger charge is 2.26. The van der Waals surface area contributed by atoms with Crippen LogP contribution in [0.3, 0.4) is 0 Å². The van der Waals surface area contributed by atoms with Gasteiger partial charge in [-0.15, -0.1) is 0 Å². The summed E-state index contributed by atoms with van der Waals surface area (Å²) in [5.74, 6) is 0.838. The van der Waals surface area contributed by atoms with Crippen LogP contribution in [-0.2, 0) is 11.3 Å². The molecular formula is C23H28FN3O5. The van der Waals surface area contributed by atoms with Crippen LogP contribution < -0.4 is 25.4 Å². The first-order valence-electron chi connectivity index (χ1n) is 10.4. The highest BCUT2D eigenvalue weighted by Crippen LogP contribution is 2.27. The summed E-state index contributed by atoms with van der Waals surface area (Å²) in [6.45, 7) is 0.332. The molecule has 2 aromatic carbocycles. The van der Waals surface area contributed by atoms with Crippen LogP contribution in [0, 0.1) is 5.82 Å². The van der Waals surface area contributed by atoms with Gasteiger partial charge in [-0.3, -0.25) is 5.32 Å². The van der Waals surface area contributed by atoms with Crippen LogP contribution in [0.25, 0.3) is 0 Å². The molecule has 0 aliphatic heterocycles. The fourth-order valence-electron chi connectivity index (χ4n) is 3.62. The Balaban J connectivity index is 1.43. The molecule has 1 aliphatic carbocycles.